The van der Waals surface area contributed by atoms with Crippen molar-refractivity contribution in [2.24, 2.45) is 13.0 Å². The first kappa shape index (κ1) is 11.9. The molecular formula is C13H19N3O. The fraction of sp³-hybridized carbons (Fsp3) is 0.538. The Labute approximate surface area is 102 Å². The summed E-state index contributed by atoms with van der Waals surface area (Å²) in [6.07, 6.45) is 10.8. The average Bonchev–Trinajstić information content (AvgIpc) is 2.91. The van der Waals surface area contributed by atoms with Crippen LogP contribution in [0.25, 0.3) is 0 Å². The Morgan fingerprint density at radius 2 is 2.47 bits per heavy atom. The van der Waals surface area contributed by atoms with Crippen LogP contribution in [0.15, 0.2) is 24.5 Å². The molecule has 1 amide bonds. The second-order valence-corrected chi connectivity index (χ2v) is 4.67. The lowest BCUT2D eigenvalue weighted by Crippen LogP contribution is -2.28. The molecule has 1 atom stereocenters. The molecule has 0 fully saturated rings. The molecule has 1 heterocycles. The van der Waals surface area contributed by atoms with Crippen LogP contribution in [0.2, 0.25) is 0 Å². The molecule has 1 aliphatic rings. The van der Waals surface area contributed by atoms with E-state index in [2.05, 4.69) is 17.1 Å². The predicted molar refractivity (Wildman–Crippen MR) is 66.2 cm³/mol. The van der Waals surface area contributed by atoms with Crippen molar-refractivity contribution in [1.29, 1.82) is 0 Å². The van der Waals surface area contributed by atoms with Gasteiger partial charge in [-0.1, -0.05) is 12.2 Å². The van der Waals surface area contributed by atoms with Gasteiger partial charge in [-0.3, -0.25) is 4.79 Å². The summed E-state index contributed by atoms with van der Waals surface area (Å²) in [7, 11) is 3.79. The minimum atomic E-state index is 0.199. The third-order valence-electron chi connectivity index (χ3n) is 3.27. The second-order valence-electron chi connectivity index (χ2n) is 4.67. The number of aryl methyl sites for hydroxylation is 1. The van der Waals surface area contributed by atoms with E-state index in [0.29, 0.717) is 18.9 Å². The van der Waals surface area contributed by atoms with Crippen molar-refractivity contribution >= 4 is 5.91 Å². The normalized spacial score (nSPS) is 18.6. The molecular weight excluding hydrogens is 214 g/mol. The lowest BCUT2D eigenvalue weighted by molar-refractivity contribution is -0.131. The van der Waals surface area contributed by atoms with Gasteiger partial charge in [0.25, 0.3) is 0 Å². The van der Waals surface area contributed by atoms with Gasteiger partial charge in [0, 0.05) is 32.9 Å². The summed E-state index contributed by atoms with van der Waals surface area (Å²) >= 11 is 0. The van der Waals surface area contributed by atoms with Crippen LogP contribution in [0.1, 0.15) is 25.1 Å². The van der Waals surface area contributed by atoms with Crippen LogP contribution in [0, 0.1) is 5.92 Å². The smallest absolute Gasteiger partial charge is 0.223 e. The van der Waals surface area contributed by atoms with Crippen LogP contribution in [-0.4, -0.2) is 27.4 Å². The zero-order chi connectivity index (χ0) is 12.3. The molecule has 0 aliphatic heterocycles. The van der Waals surface area contributed by atoms with Crippen molar-refractivity contribution in [1.82, 2.24) is 14.5 Å². The van der Waals surface area contributed by atoms with Crippen molar-refractivity contribution in [3.63, 3.8) is 0 Å². The van der Waals surface area contributed by atoms with Gasteiger partial charge < -0.3 is 9.47 Å². The van der Waals surface area contributed by atoms with E-state index in [4.69, 9.17) is 0 Å². The summed E-state index contributed by atoms with van der Waals surface area (Å²) in [6.45, 7) is 0.582. The summed E-state index contributed by atoms with van der Waals surface area (Å²) in [6, 6.07) is 0. The Kier molecular flexibility index (Phi) is 3.61. The molecule has 92 valence electrons. The number of aromatic nitrogens is 2. The number of amides is 1. The zero-order valence-corrected chi connectivity index (χ0v) is 10.5. The maximum atomic E-state index is 12.0. The number of imidazole rings is 1. The Bertz CT molecular complexity index is 422. The lowest BCUT2D eigenvalue weighted by atomic mass is 10.0. The molecule has 0 saturated heterocycles. The van der Waals surface area contributed by atoms with Gasteiger partial charge in [0.2, 0.25) is 5.91 Å². The van der Waals surface area contributed by atoms with E-state index in [1.54, 1.807) is 11.1 Å². The highest BCUT2D eigenvalue weighted by atomic mass is 16.2. The van der Waals surface area contributed by atoms with E-state index in [0.717, 1.165) is 18.7 Å². The van der Waals surface area contributed by atoms with Crippen LogP contribution in [0.3, 0.4) is 0 Å². The van der Waals surface area contributed by atoms with Crippen LogP contribution in [-0.2, 0) is 18.4 Å². The fourth-order valence-electron chi connectivity index (χ4n) is 2.09. The van der Waals surface area contributed by atoms with Gasteiger partial charge in [0.15, 0.2) is 0 Å². The van der Waals surface area contributed by atoms with Gasteiger partial charge in [-0.2, -0.15) is 0 Å². The summed E-state index contributed by atoms with van der Waals surface area (Å²) in [4.78, 5) is 18.0. The number of carbonyl (C=O) groups excluding carboxylic acids is 1. The number of hydrogen-bond donors (Lipinski definition) is 0. The molecule has 0 aromatic carbocycles. The number of nitrogens with zero attached hydrogens (tertiary/aromatic N) is 3. The molecule has 2 rings (SSSR count). The molecule has 0 radical (unpaired) electrons. The second kappa shape index (κ2) is 5.17. The highest BCUT2D eigenvalue weighted by molar-refractivity contribution is 5.76. The first-order valence-electron chi connectivity index (χ1n) is 6.03. The third-order valence-corrected chi connectivity index (χ3v) is 3.27. The average molecular weight is 233 g/mol. The summed E-state index contributed by atoms with van der Waals surface area (Å²) < 4.78 is 1.94. The fourth-order valence-corrected chi connectivity index (χ4v) is 2.09. The Morgan fingerprint density at radius 3 is 3.06 bits per heavy atom. The van der Waals surface area contributed by atoms with Crippen molar-refractivity contribution in [3.8, 4) is 0 Å². The molecule has 0 spiro atoms. The number of rotatable bonds is 4. The molecule has 0 saturated carbocycles. The SMILES string of the molecule is CN(Cc1nccn1C)C(=O)CC1C=CCC1. The van der Waals surface area contributed by atoms with Crippen LogP contribution < -0.4 is 0 Å². The van der Waals surface area contributed by atoms with Crippen LogP contribution in [0.4, 0.5) is 0 Å². The molecule has 1 unspecified atom stereocenters. The van der Waals surface area contributed by atoms with E-state index in [1.165, 1.54) is 0 Å². The first-order valence-corrected chi connectivity index (χ1v) is 6.03. The van der Waals surface area contributed by atoms with Crippen molar-refractivity contribution in [3.05, 3.63) is 30.4 Å². The van der Waals surface area contributed by atoms with E-state index >= 15 is 0 Å². The maximum absolute atomic E-state index is 12.0. The Morgan fingerprint density at radius 1 is 1.65 bits per heavy atom. The van der Waals surface area contributed by atoms with E-state index < -0.39 is 0 Å². The van der Waals surface area contributed by atoms with Gasteiger partial charge in [0.1, 0.15) is 5.82 Å². The molecule has 4 nitrogen and oxygen atoms in total. The minimum Gasteiger partial charge on any atom is -0.338 e. The number of hydrogen-bond acceptors (Lipinski definition) is 2. The third kappa shape index (κ3) is 2.96. The number of carbonyl (C=O) groups is 1. The van der Waals surface area contributed by atoms with Gasteiger partial charge in [0.05, 0.1) is 6.54 Å². The Hall–Kier alpha value is -1.58. The van der Waals surface area contributed by atoms with E-state index in [1.807, 2.05) is 24.9 Å². The lowest BCUT2D eigenvalue weighted by Gasteiger charge is -2.18. The maximum Gasteiger partial charge on any atom is 0.223 e. The first-order chi connectivity index (χ1) is 8.16. The molecule has 17 heavy (non-hydrogen) atoms. The largest absolute Gasteiger partial charge is 0.338 e. The topological polar surface area (TPSA) is 38.1 Å². The summed E-state index contributed by atoms with van der Waals surface area (Å²) in [5.74, 6) is 1.55. The highest BCUT2D eigenvalue weighted by Crippen LogP contribution is 2.21. The molecule has 1 aromatic rings. The molecule has 1 aromatic heterocycles. The highest BCUT2D eigenvalue weighted by Gasteiger charge is 2.17. The van der Waals surface area contributed by atoms with Crippen molar-refractivity contribution < 1.29 is 4.79 Å². The van der Waals surface area contributed by atoms with Crippen molar-refractivity contribution in [2.75, 3.05) is 7.05 Å². The molecule has 0 bridgehead atoms. The molecule has 0 N–H and O–H groups in total. The van der Waals surface area contributed by atoms with E-state index in [-0.39, 0.29) is 5.91 Å². The van der Waals surface area contributed by atoms with Crippen LogP contribution >= 0.6 is 0 Å². The van der Waals surface area contributed by atoms with Gasteiger partial charge in [-0.05, 0) is 18.8 Å². The summed E-state index contributed by atoms with van der Waals surface area (Å²) in [5.41, 5.74) is 0. The molecule has 4 heteroatoms. The summed E-state index contributed by atoms with van der Waals surface area (Å²) in [5, 5.41) is 0. The molecule has 1 aliphatic carbocycles. The van der Waals surface area contributed by atoms with E-state index in [9.17, 15) is 4.79 Å². The van der Waals surface area contributed by atoms with Gasteiger partial charge in [-0.15, -0.1) is 0 Å². The monoisotopic (exact) mass is 233 g/mol. The van der Waals surface area contributed by atoms with Gasteiger partial charge in [-0.25, -0.2) is 4.98 Å². The van der Waals surface area contributed by atoms with Crippen molar-refractivity contribution in [2.45, 2.75) is 25.8 Å². The standard InChI is InChI=1S/C13H19N3O/c1-15-8-7-14-12(15)10-16(2)13(17)9-11-5-3-4-6-11/h3,5,7-8,11H,4,6,9-10H2,1-2H3. The predicted octanol–water partition coefficient (Wildman–Crippen LogP) is 1.73. The Balaban J connectivity index is 1.87. The van der Waals surface area contributed by atoms with Gasteiger partial charge >= 0.3 is 0 Å². The quantitative estimate of drug-likeness (QED) is 0.743. The minimum absolute atomic E-state index is 0.199. The zero-order valence-electron chi connectivity index (χ0n) is 10.5. The van der Waals surface area contributed by atoms with Crippen LogP contribution in [0.5, 0.6) is 0 Å². The number of allylic oxidation sites excluding steroid dienone is 2.